The zero-order valence-corrected chi connectivity index (χ0v) is 12.9. The molecule has 0 saturated heterocycles. The maximum atomic E-state index is 13.2. The maximum absolute atomic E-state index is 13.2. The first kappa shape index (κ1) is 14.2. The summed E-state index contributed by atoms with van der Waals surface area (Å²) in [5, 5.41) is 0. The molecule has 19 heavy (non-hydrogen) atoms. The first-order chi connectivity index (χ1) is 9.04. The van der Waals surface area contributed by atoms with Crippen LogP contribution >= 0.6 is 31.9 Å². The molecular weight excluding hydrogens is 375 g/mol. The van der Waals surface area contributed by atoms with E-state index in [0.29, 0.717) is 10.0 Å². The molecule has 2 rings (SSSR count). The van der Waals surface area contributed by atoms with E-state index in [0.717, 1.165) is 10.0 Å². The summed E-state index contributed by atoms with van der Waals surface area (Å²) < 4.78 is 14.7. The number of halogens is 3. The van der Waals surface area contributed by atoms with Crippen molar-refractivity contribution in [3.63, 3.8) is 0 Å². The highest BCUT2D eigenvalue weighted by Gasteiger charge is 2.05. The molecule has 0 aromatic heterocycles. The van der Waals surface area contributed by atoms with Gasteiger partial charge < -0.3 is 0 Å². The monoisotopic (exact) mass is 382 g/mol. The Bertz CT molecular complexity index is 630. The molecule has 0 fully saturated rings. The summed E-state index contributed by atoms with van der Waals surface area (Å²) in [6.45, 7) is 0. The van der Waals surface area contributed by atoms with Crippen LogP contribution in [0.1, 0.15) is 15.9 Å². The molecule has 4 heteroatoms. The average molecular weight is 384 g/mol. The van der Waals surface area contributed by atoms with E-state index < -0.39 is 5.82 Å². The zero-order chi connectivity index (χ0) is 13.8. The summed E-state index contributed by atoms with van der Waals surface area (Å²) in [5.41, 5.74) is 1.22. The highest BCUT2D eigenvalue weighted by Crippen LogP contribution is 2.17. The fourth-order valence-electron chi connectivity index (χ4n) is 1.57. The molecule has 0 aliphatic carbocycles. The van der Waals surface area contributed by atoms with E-state index in [1.807, 2.05) is 24.3 Å². The molecule has 0 saturated carbocycles. The van der Waals surface area contributed by atoms with Crippen LogP contribution in [0.15, 0.2) is 57.5 Å². The lowest BCUT2D eigenvalue weighted by atomic mass is 10.1. The van der Waals surface area contributed by atoms with E-state index in [1.54, 1.807) is 12.1 Å². The van der Waals surface area contributed by atoms with Crippen LogP contribution in [0.3, 0.4) is 0 Å². The molecule has 96 valence electrons. The molecule has 2 aromatic carbocycles. The Morgan fingerprint density at radius 2 is 1.84 bits per heavy atom. The second-order valence-corrected chi connectivity index (χ2v) is 5.74. The second kappa shape index (κ2) is 6.26. The summed E-state index contributed by atoms with van der Waals surface area (Å²) in [6, 6.07) is 11.7. The van der Waals surface area contributed by atoms with Crippen LogP contribution in [0.25, 0.3) is 6.08 Å². The van der Waals surface area contributed by atoms with Gasteiger partial charge in [-0.2, -0.15) is 0 Å². The summed E-state index contributed by atoms with van der Waals surface area (Å²) in [6.07, 6.45) is 3.13. The number of ketones is 1. The van der Waals surface area contributed by atoms with Gasteiger partial charge in [0.25, 0.3) is 0 Å². The Hall–Kier alpha value is -1.26. The van der Waals surface area contributed by atoms with Crippen LogP contribution in [0.4, 0.5) is 4.39 Å². The van der Waals surface area contributed by atoms with Crippen molar-refractivity contribution >= 4 is 43.7 Å². The van der Waals surface area contributed by atoms with Gasteiger partial charge in [-0.15, -0.1) is 0 Å². The second-order valence-electron chi connectivity index (χ2n) is 3.91. The van der Waals surface area contributed by atoms with Gasteiger partial charge in [-0.3, -0.25) is 4.79 Å². The molecule has 2 aromatic rings. The summed E-state index contributed by atoms with van der Waals surface area (Å²) in [5.74, 6) is -0.672. The van der Waals surface area contributed by atoms with Gasteiger partial charge in [-0.1, -0.05) is 50.1 Å². The predicted octanol–water partition coefficient (Wildman–Crippen LogP) is 5.25. The third-order valence-electron chi connectivity index (χ3n) is 2.42. The Morgan fingerprint density at radius 3 is 2.53 bits per heavy atom. The van der Waals surface area contributed by atoms with Crippen molar-refractivity contribution in [3.8, 4) is 0 Å². The summed E-state index contributed by atoms with van der Waals surface area (Å²) in [4.78, 5) is 11.9. The number of carbonyl (C=O) groups is 1. The number of hydrogen-bond donors (Lipinski definition) is 0. The molecule has 0 bridgehead atoms. The minimum absolute atomic E-state index is 0.236. The van der Waals surface area contributed by atoms with Crippen LogP contribution < -0.4 is 0 Å². The van der Waals surface area contributed by atoms with Gasteiger partial charge in [0.1, 0.15) is 5.82 Å². The lowest BCUT2D eigenvalue weighted by Gasteiger charge is -1.98. The quantitative estimate of drug-likeness (QED) is 0.522. The van der Waals surface area contributed by atoms with Gasteiger partial charge >= 0.3 is 0 Å². The smallest absolute Gasteiger partial charge is 0.185 e. The molecule has 0 spiro atoms. The normalized spacial score (nSPS) is 10.9. The van der Waals surface area contributed by atoms with E-state index in [2.05, 4.69) is 31.9 Å². The van der Waals surface area contributed by atoms with Crippen LogP contribution in [0.2, 0.25) is 0 Å². The standard InChI is InChI=1S/C15H9Br2FO/c16-12-3-1-2-10(6-12)4-5-15(19)11-7-13(17)9-14(18)8-11/h1-9H/b5-4+. The lowest BCUT2D eigenvalue weighted by molar-refractivity contribution is 0.104. The molecule has 0 unspecified atom stereocenters. The van der Waals surface area contributed by atoms with Gasteiger partial charge in [0.15, 0.2) is 5.78 Å². The number of allylic oxidation sites excluding steroid dienone is 1. The molecule has 0 heterocycles. The van der Waals surface area contributed by atoms with E-state index in [9.17, 15) is 9.18 Å². The Balaban J connectivity index is 2.21. The first-order valence-electron chi connectivity index (χ1n) is 5.49. The van der Waals surface area contributed by atoms with Gasteiger partial charge in [0.2, 0.25) is 0 Å². The van der Waals surface area contributed by atoms with E-state index >= 15 is 0 Å². The number of carbonyl (C=O) groups excluding carboxylic acids is 1. The van der Waals surface area contributed by atoms with Gasteiger partial charge in [0, 0.05) is 14.5 Å². The molecular formula is C15H9Br2FO. The molecule has 1 nitrogen and oxygen atoms in total. The molecule has 0 aliphatic rings. The van der Waals surface area contributed by atoms with Crippen molar-refractivity contribution in [1.82, 2.24) is 0 Å². The van der Waals surface area contributed by atoms with Crippen molar-refractivity contribution in [2.24, 2.45) is 0 Å². The van der Waals surface area contributed by atoms with Crippen molar-refractivity contribution in [3.05, 3.63) is 74.4 Å². The van der Waals surface area contributed by atoms with Gasteiger partial charge in [-0.25, -0.2) is 4.39 Å². The predicted molar refractivity (Wildman–Crippen MR) is 81.6 cm³/mol. The number of hydrogen-bond acceptors (Lipinski definition) is 1. The largest absolute Gasteiger partial charge is 0.289 e. The Morgan fingerprint density at radius 1 is 1.05 bits per heavy atom. The van der Waals surface area contributed by atoms with Crippen molar-refractivity contribution < 1.29 is 9.18 Å². The minimum atomic E-state index is -0.436. The van der Waals surface area contributed by atoms with Crippen LogP contribution in [0, 0.1) is 5.82 Å². The lowest BCUT2D eigenvalue weighted by Crippen LogP contribution is -1.95. The van der Waals surface area contributed by atoms with Gasteiger partial charge in [-0.05, 0) is 42.0 Å². The van der Waals surface area contributed by atoms with E-state index in [1.165, 1.54) is 18.2 Å². The molecule has 0 radical (unpaired) electrons. The van der Waals surface area contributed by atoms with Crippen LogP contribution in [-0.4, -0.2) is 5.78 Å². The maximum Gasteiger partial charge on any atom is 0.185 e. The Kier molecular flexibility index (Phi) is 4.66. The highest BCUT2D eigenvalue weighted by atomic mass is 79.9. The SMILES string of the molecule is O=C(/C=C/c1cccc(Br)c1)c1cc(F)cc(Br)c1. The van der Waals surface area contributed by atoms with Crippen molar-refractivity contribution in [1.29, 1.82) is 0 Å². The fourth-order valence-corrected chi connectivity index (χ4v) is 2.46. The molecule has 0 aliphatic heterocycles. The molecule has 0 atom stereocenters. The highest BCUT2D eigenvalue weighted by molar-refractivity contribution is 9.10. The van der Waals surface area contributed by atoms with Crippen molar-refractivity contribution in [2.45, 2.75) is 0 Å². The van der Waals surface area contributed by atoms with E-state index in [4.69, 9.17) is 0 Å². The Labute approximate surface area is 127 Å². The number of benzene rings is 2. The topological polar surface area (TPSA) is 17.1 Å². The summed E-state index contributed by atoms with van der Waals surface area (Å²) >= 11 is 6.52. The average Bonchev–Trinajstić information content (AvgIpc) is 2.35. The third kappa shape index (κ3) is 4.11. The van der Waals surface area contributed by atoms with Crippen molar-refractivity contribution in [2.75, 3.05) is 0 Å². The zero-order valence-electron chi connectivity index (χ0n) is 9.74. The fraction of sp³-hybridized carbons (Fsp3) is 0. The van der Waals surface area contributed by atoms with E-state index in [-0.39, 0.29) is 5.78 Å². The van der Waals surface area contributed by atoms with Crippen LogP contribution in [-0.2, 0) is 0 Å². The first-order valence-corrected chi connectivity index (χ1v) is 7.07. The molecule has 0 amide bonds. The van der Waals surface area contributed by atoms with Gasteiger partial charge in [0.05, 0.1) is 0 Å². The summed E-state index contributed by atoms with van der Waals surface area (Å²) in [7, 11) is 0. The molecule has 0 N–H and O–H groups in total. The number of rotatable bonds is 3. The third-order valence-corrected chi connectivity index (χ3v) is 3.37. The van der Waals surface area contributed by atoms with Crippen LogP contribution in [0.5, 0.6) is 0 Å². The minimum Gasteiger partial charge on any atom is -0.289 e.